The molecular formula is C20H24N4O2S. The van der Waals surface area contributed by atoms with Gasteiger partial charge in [0.2, 0.25) is 5.91 Å². The summed E-state index contributed by atoms with van der Waals surface area (Å²) < 4.78 is 0. The lowest BCUT2D eigenvalue weighted by molar-refractivity contribution is -0.130. The SMILES string of the molecule is CC(=O)N(Cc1ccsc1)C1CC12CCN(C(=O)c1cnc(C)cn1)CC2. The van der Waals surface area contributed by atoms with E-state index >= 15 is 0 Å². The maximum atomic E-state index is 12.6. The second-order valence-electron chi connectivity index (χ2n) is 7.70. The standard InChI is InChI=1S/C20H24N4O2S/c1-14-10-22-17(11-21-14)19(26)23-6-4-20(5-7-23)9-18(20)24(15(2)25)12-16-3-8-27-13-16/h3,8,10-11,13,18H,4-7,9,12H2,1-2H3. The van der Waals surface area contributed by atoms with Crippen LogP contribution in [0.2, 0.25) is 0 Å². The van der Waals surface area contributed by atoms with Crippen molar-refractivity contribution in [2.75, 3.05) is 13.1 Å². The number of piperidine rings is 1. The molecule has 0 radical (unpaired) electrons. The number of nitrogens with zero attached hydrogens (tertiary/aromatic N) is 4. The van der Waals surface area contributed by atoms with Crippen LogP contribution in [0.15, 0.2) is 29.2 Å². The normalized spacial score (nSPS) is 20.5. The molecule has 3 heterocycles. The molecule has 1 aliphatic heterocycles. The Kier molecular flexibility index (Phi) is 4.72. The smallest absolute Gasteiger partial charge is 0.274 e. The van der Waals surface area contributed by atoms with Crippen molar-refractivity contribution in [1.29, 1.82) is 0 Å². The minimum atomic E-state index is -0.0451. The van der Waals surface area contributed by atoms with Gasteiger partial charge in [-0.3, -0.25) is 14.6 Å². The Morgan fingerprint density at radius 3 is 2.67 bits per heavy atom. The molecule has 1 unspecified atom stereocenters. The molecule has 7 heteroatoms. The summed E-state index contributed by atoms with van der Waals surface area (Å²) in [5.41, 5.74) is 2.59. The second-order valence-corrected chi connectivity index (χ2v) is 8.48. The molecule has 0 N–H and O–H groups in total. The molecule has 2 aromatic heterocycles. The van der Waals surface area contributed by atoms with Gasteiger partial charge in [0.05, 0.1) is 11.9 Å². The fourth-order valence-corrected chi connectivity index (χ4v) is 4.80. The van der Waals surface area contributed by atoms with Crippen molar-refractivity contribution in [2.45, 2.75) is 45.7 Å². The van der Waals surface area contributed by atoms with E-state index in [1.807, 2.05) is 22.1 Å². The summed E-state index contributed by atoms with van der Waals surface area (Å²) in [6, 6.07) is 2.38. The highest BCUT2D eigenvalue weighted by atomic mass is 32.1. The fourth-order valence-electron chi connectivity index (χ4n) is 4.14. The summed E-state index contributed by atoms with van der Waals surface area (Å²) >= 11 is 1.66. The zero-order chi connectivity index (χ0) is 19.0. The Balaban J connectivity index is 1.38. The Hall–Kier alpha value is -2.28. The summed E-state index contributed by atoms with van der Waals surface area (Å²) in [5, 5.41) is 4.16. The summed E-state index contributed by atoms with van der Waals surface area (Å²) in [6.07, 6.45) is 6.11. The van der Waals surface area contributed by atoms with E-state index in [-0.39, 0.29) is 17.2 Å². The van der Waals surface area contributed by atoms with Crippen LogP contribution in [0, 0.1) is 12.3 Å². The fraction of sp³-hybridized carbons (Fsp3) is 0.500. The average Bonchev–Trinajstić information content (AvgIpc) is 3.09. The minimum absolute atomic E-state index is 0.0451. The highest BCUT2D eigenvalue weighted by Crippen LogP contribution is 2.57. The van der Waals surface area contributed by atoms with Gasteiger partial charge in [-0.2, -0.15) is 11.3 Å². The van der Waals surface area contributed by atoms with Gasteiger partial charge in [-0.15, -0.1) is 0 Å². The minimum Gasteiger partial charge on any atom is -0.337 e. The van der Waals surface area contributed by atoms with Gasteiger partial charge in [0, 0.05) is 38.8 Å². The van der Waals surface area contributed by atoms with Crippen molar-refractivity contribution >= 4 is 23.2 Å². The number of amides is 2. The lowest BCUT2D eigenvalue weighted by Gasteiger charge is -2.34. The van der Waals surface area contributed by atoms with E-state index in [0.29, 0.717) is 18.3 Å². The second kappa shape index (κ2) is 7.03. The number of thiophene rings is 1. The van der Waals surface area contributed by atoms with Gasteiger partial charge in [-0.25, -0.2) is 4.98 Å². The number of aryl methyl sites for hydroxylation is 1. The molecule has 0 bridgehead atoms. The van der Waals surface area contributed by atoms with Gasteiger partial charge >= 0.3 is 0 Å². The van der Waals surface area contributed by atoms with E-state index in [1.165, 1.54) is 5.56 Å². The van der Waals surface area contributed by atoms with Crippen molar-refractivity contribution in [3.05, 3.63) is 46.2 Å². The molecule has 2 aliphatic rings. The zero-order valence-electron chi connectivity index (χ0n) is 15.7. The van der Waals surface area contributed by atoms with Crippen LogP contribution < -0.4 is 0 Å². The molecule has 1 aliphatic carbocycles. The highest BCUT2D eigenvalue weighted by molar-refractivity contribution is 7.07. The van der Waals surface area contributed by atoms with Gasteiger partial charge in [0.25, 0.3) is 5.91 Å². The monoisotopic (exact) mass is 384 g/mol. The molecule has 4 rings (SSSR count). The summed E-state index contributed by atoms with van der Waals surface area (Å²) in [4.78, 5) is 37.1. The van der Waals surface area contributed by atoms with Crippen molar-refractivity contribution in [2.24, 2.45) is 5.41 Å². The van der Waals surface area contributed by atoms with Crippen LogP contribution in [0.25, 0.3) is 0 Å². The number of rotatable bonds is 4. The predicted molar refractivity (Wildman–Crippen MR) is 103 cm³/mol. The number of carbonyl (C=O) groups is 2. The Morgan fingerprint density at radius 1 is 1.30 bits per heavy atom. The maximum absolute atomic E-state index is 12.6. The number of hydrogen-bond donors (Lipinski definition) is 0. The lowest BCUT2D eigenvalue weighted by Crippen LogP contribution is -2.42. The molecule has 27 heavy (non-hydrogen) atoms. The summed E-state index contributed by atoms with van der Waals surface area (Å²) in [7, 11) is 0. The molecule has 1 saturated carbocycles. The molecule has 1 atom stereocenters. The Morgan fingerprint density at radius 2 is 2.07 bits per heavy atom. The summed E-state index contributed by atoms with van der Waals surface area (Å²) in [5.74, 6) is 0.0905. The van der Waals surface area contributed by atoms with Crippen molar-refractivity contribution in [1.82, 2.24) is 19.8 Å². The molecule has 1 spiro atoms. The van der Waals surface area contributed by atoms with Crippen LogP contribution in [-0.2, 0) is 11.3 Å². The quantitative estimate of drug-likeness (QED) is 0.813. The van der Waals surface area contributed by atoms with Gasteiger partial charge in [-0.1, -0.05) is 0 Å². The molecule has 2 fully saturated rings. The van der Waals surface area contributed by atoms with E-state index in [1.54, 1.807) is 30.7 Å². The molecule has 6 nitrogen and oxygen atoms in total. The van der Waals surface area contributed by atoms with Crippen LogP contribution >= 0.6 is 11.3 Å². The first-order valence-corrected chi connectivity index (χ1v) is 10.3. The summed E-state index contributed by atoms with van der Waals surface area (Å²) in [6.45, 7) is 5.64. The topological polar surface area (TPSA) is 66.4 Å². The predicted octanol–water partition coefficient (Wildman–Crippen LogP) is 2.89. The first kappa shape index (κ1) is 18.1. The van der Waals surface area contributed by atoms with E-state index in [2.05, 4.69) is 21.4 Å². The molecule has 142 valence electrons. The molecule has 1 saturated heterocycles. The van der Waals surface area contributed by atoms with Gasteiger partial charge in [0.15, 0.2) is 0 Å². The third-order valence-corrected chi connectivity index (χ3v) is 6.64. The highest BCUT2D eigenvalue weighted by Gasteiger charge is 2.58. The largest absolute Gasteiger partial charge is 0.337 e. The van der Waals surface area contributed by atoms with Crippen LogP contribution in [0.5, 0.6) is 0 Å². The molecule has 0 aromatic carbocycles. The third kappa shape index (κ3) is 3.60. The van der Waals surface area contributed by atoms with Gasteiger partial charge in [0.1, 0.15) is 5.69 Å². The van der Waals surface area contributed by atoms with Crippen molar-refractivity contribution < 1.29 is 9.59 Å². The molecule has 2 aromatic rings. The van der Waals surface area contributed by atoms with Crippen LogP contribution in [0.4, 0.5) is 0 Å². The molecule has 2 amide bonds. The first-order valence-electron chi connectivity index (χ1n) is 9.35. The van der Waals surface area contributed by atoms with E-state index < -0.39 is 0 Å². The average molecular weight is 385 g/mol. The number of likely N-dealkylation sites (tertiary alicyclic amines) is 1. The Bertz CT molecular complexity index is 826. The van der Waals surface area contributed by atoms with Gasteiger partial charge in [-0.05, 0) is 54.0 Å². The van der Waals surface area contributed by atoms with Gasteiger partial charge < -0.3 is 9.80 Å². The number of aromatic nitrogens is 2. The van der Waals surface area contributed by atoms with Crippen molar-refractivity contribution in [3.63, 3.8) is 0 Å². The number of hydrogen-bond acceptors (Lipinski definition) is 5. The van der Waals surface area contributed by atoms with Crippen LogP contribution in [0.1, 0.15) is 47.9 Å². The zero-order valence-corrected chi connectivity index (χ0v) is 16.5. The maximum Gasteiger partial charge on any atom is 0.274 e. The van der Waals surface area contributed by atoms with E-state index in [0.717, 1.165) is 38.0 Å². The number of carbonyl (C=O) groups excluding carboxylic acids is 2. The van der Waals surface area contributed by atoms with Crippen LogP contribution in [-0.4, -0.2) is 50.7 Å². The molecular weight excluding hydrogens is 360 g/mol. The Labute approximate surface area is 163 Å². The van der Waals surface area contributed by atoms with E-state index in [4.69, 9.17) is 0 Å². The van der Waals surface area contributed by atoms with E-state index in [9.17, 15) is 9.59 Å². The lowest BCUT2D eigenvalue weighted by atomic mass is 9.92. The van der Waals surface area contributed by atoms with Crippen molar-refractivity contribution in [3.8, 4) is 0 Å². The first-order chi connectivity index (χ1) is 13.0. The van der Waals surface area contributed by atoms with Crippen LogP contribution in [0.3, 0.4) is 0 Å². The third-order valence-electron chi connectivity index (χ3n) is 5.91.